The molecular formula is C29H28N2O5. The fourth-order valence-corrected chi connectivity index (χ4v) is 3.45. The Hall–Kier alpha value is -4.39. The van der Waals surface area contributed by atoms with Crippen LogP contribution in [0.15, 0.2) is 94.5 Å². The number of hydrogen-bond acceptors (Lipinski definition) is 7. The van der Waals surface area contributed by atoms with E-state index in [1.165, 1.54) is 0 Å². The van der Waals surface area contributed by atoms with E-state index in [1.807, 2.05) is 91.9 Å². The van der Waals surface area contributed by atoms with Crippen LogP contribution >= 0.6 is 0 Å². The Morgan fingerprint density at radius 3 is 2.31 bits per heavy atom. The third kappa shape index (κ3) is 6.82. The summed E-state index contributed by atoms with van der Waals surface area (Å²) < 4.78 is 16.8. The van der Waals surface area contributed by atoms with Crippen LogP contribution in [0.1, 0.15) is 35.9 Å². The number of nitrogens with zero attached hydrogens (tertiary/aromatic N) is 2. The van der Waals surface area contributed by atoms with Crippen LogP contribution in [0.2, 0.25) is 0 Å². The molecule has 3 aromatic carbocycles. The summed E-state index contributed by atoms with van der Waals surface area (Å²) in [4.78, 5) is 22.1. The van der Waals surface area contributed by atoms with E-state index in [9.17, 15) is 4.79 Å². The highest BCUT2D eigenvalue weighted by atomic mass is 16.6. The molecule has 1 aromatic heterocycles. The summed E-state index contributed by atoms with van der Waals surface area (Å²) in [6.45, 7) is 4.53. The average molecular weight is 485 g/mol. The van der Waals surface area contributed by atoms with Gasteiger partial charge in [0.05, 0.1) is 18.7 Å². The Balaban J connectivity index is 1.33. The van der Waals surface area contributed by atoms with Gasteiger partial charge >= 0.3 is 5.97 Å². The van der Waals surface area contributed by atoms with Crippen LogP contribution in [0, 0.1) is 6.92 Å². The number of oxazole rings is 1. The van der Waals surface area contributed by atoms with Crippen molar-refractivity contribution < 1.29 is 23.5 Å². The molecule has 4 aromatic rings. The SMILES string of the molecule is CCOC(=O)C/C(=N\OCc1ccc(OCc2nc(-c3ccccc3)oc2C)cc1)c1ccccc1. The van der Waals surface area contributed by atoms with Crippen molar-refractivity contribution >= 4 is 11.7 Å². The summed E-state index contributed by atoms with van der Waals surface area (Å²) in [6, 6.07) is 26.8. The van der Waals surface area contributed by atoms with Crippen LogP contribution < -0.4 is 4.74 Å². The van der Waals surface area contributed by atoms with Crippen LogP contribution in [-0.4, -0.2) is 23.3 Å². The van der Waals surface area contributed by atoms with Gasteiger partial charge in [0.15, 0.2) is 0 Å². The Labute approximate surface area is 210 Å². The fraction of sp³-hybridized carbons (Fsp3) is 0.207. The number of aryl methyl sites for hydroxylation is 1. The molecule has 0 amide bonds. The second-order valence-corrected chi connectivity index (χ2v) is 7.98. The zero-order valence-electron chi connectivity index (χ0n) is 20.3. The van der Waals surface area contributed by atoms with E-state index < -0.39 is 0 Å². The van der Waals surface area contributed by atoms with Crippen LogP contribution in [-0.2, 0) is 27.6 Å². The van der Waals surface area contributed by atoms with E-state index in [-0.39, 0.29) is 19.0 Å². The normalized spacial score (nSPS) is 11.2. The maximum Gasteiger partial charge on any atom is 0.312 e. The van der Waals surface area contributed by atoms with Crippen molar-refractivity contribution in [1.29, 1.82) is 0 Å². The van der Waals surface area contributed by atoms with Crippen LogP contribution in [0.25, 0.3) is 11.5 Å². The standard InChI is InChI=1S/C29H28N2O5/c1-3-33-28(32)18-26(23-10-6-4-7-11-23)31-35-19-22-14-16-25(17-15-22)34-20-27-21(2)36-29(30-27)24-12-8-5-9-13-24/h4-17H,3,18-20H2,1-2H3/b31-26+. The lowest BCUT2D eigenvalue weighted by Gasteiger charge is -2.08. The average Bonchev–Trinajstić information content (AvgIpc) is 3.29. The summed E-state index contributed by atoms with van der Waals surface area (Å²) in [6.07, 6.45) is 0.0398. The van der Waals surface area contributed by atoms with Gasteiger partial charge < -0.3 is 18.7 Å². The molecule has 7 nitrogen and oxygen atoms in total. The summed E-state index contributed by atoms with van der Waals surface area (Å²) >= 11 is 0. The molecule has 0 bridgehead atoms. The van der Waals surface area contributed by atoms with Crippen molar-refractivity contribution in [1.82, 2.24) is 4.98 Å². The van der Waals surface area contributed by atoms with Gasteiger partial charge in [-0.15, -0.1) is 0 Å². The minimum Gasteiger partial charge on any atom is -0.487 e. The van der Waals surface area contributed by atoms with Crippen LogP contribution in [0.5, 0.6) is 5.75 Å². The fourth-order valence-electron chi connectivity index (χ4n) is 3.45. The van der Waals surface area contributed by atoms with Gasteiger partial charge in [-0.3, -0.25) is 4.79 Å². The van der Waals surface area contributed by atoms with E-state index in [2.05, 4.69) is 10.1 Å². The number of hydrogen-bond donors (Lipinski definition) is 0. The number of ether oxygens (including phenoxy) is 2. The predicted octanol–water partition coefficient (Wildman–Crippen LogP) is 6.10. The molecule has 184 valence electrons. The summed E-state index contributed by atoms with van der Waals surface area (Å²) in [7, 11) is 0. The molecule has 0 fully saturated rings. The molecule has 0 aliphatic heterocycles. The Kier molecular flexibility index (Phi) is 8.48. The summed E-state index contributed by atoms with van der Waals surface area (Å²) in [5, 5.41) is 4.21. The third-order valence-electron chi connectivity index (χ3n) is 5.34. The largest absolute Gasteiger partial charge is 0.487 e. The lowest BCUT2D eigenvalue weighted by Crippen LogP contribution is -2.13. The highest BCUT2D eigenvalue weighted by molar-refractivity contribution is 6.09. The second kappa shape index (κ2) is 12.4. The third-order valence-corrected chi connectivity index (χ3v) is 5.34. The smallest absolute Gasteiger partial charge is 0.312 e. The number of benzene rings is 3. The van der Waals surface area contributed by atoms with Gasteiger partial charge in [-0.25, -0.2) is 4.98 Å². The van der Waals surface area contributed by atoms with Gasteiger partial charge in [0.1, 0.15) is 30.4 Å². The summed E-state index contributed by atoms with van der Waals surface area (Å²) in [5.74, 6) is 1.67. The molecule has 0 saturated heterocycles. The van der Waals surface area contributed by atoms with E-state index in [0.29, 0.717) is 30.6 Å². The maximum atomic E-state index is 12.0. The number of esters is 1. The lowest BCUT2D eigenvalue weighted by molar-refractivity contribution is -0.141. The first-order valence-electron chi connectivity index (χ1n) is 11.8. The molecule has 0 N–H and O–H groups in total. The van der Waals surface area contributed by atoms with Crippen LogP contribution in [0.4, 0.5) is 0 Å². The predicted molar refractivity (Wildman–Crippen MR) is 136 cm³/mol. The zero-order chi connectivity index (χ0) is 25.2. The molecule has 4 rings (SSSR count). The Morgan fingerprint density at radius 1 is 0.917 bits per heavy atom. The molecule has 36 heavy (non-hydrogen) atoms. The minimum atomic E-state index is -0.344. The molecule has 0 unspecified atom stereocenters. The van der Waals surface area contributed by atoms with Crippen LogP contribution in [0.3, 0.4) is 0 Å². The topological polar surface area (TPSA) is 83.2 Å². The van der Waals surface area contributed by atoms with E-state index in [0.717, 1.165) is 28.1 Å². The molecule has 7 heteroatoms. The van der Waals surface area contributed by atoms with Crippen molar-refractivity contribution in [2.45, 2.75) is 33.5 Å². The second-order valence-electron chi connectivity index (χ2n) is 7.98. The number of oxime groups is 1. The number of carbonyl (C=O) groups is 1. The quantitative estimate of drug-likeness (QED) is 0.145. The van der Waals surface area contributed by atoms with Crippen molar-refractivity contribution in [2.75, 3.05) is 6.61 Å². The monoisotopic (exact) mass is 484 g/mol. The molecule has 0 atom stereocenters. The van der Waals surface area contributed by atoms with Gasteiger partial charge in [-0.2, -0.15) is 0 Å². The van der Waals surface area contributed by atoms with E-state index >= 15 is 0 Å². The van der Waals surface area contributed by atoms with Gasteiger partial charge in [0, 0.05) is 5.56 Å². The Bertz CT molecular complexity index is 1280. The van der Waals surface area contributed by atoms with Gasteiger partial charge in [-0.05, 0) is 49.2 Å². The number of carbonyl (C=O) groups excluding carboxylic acids is 1. The molecule has 0 radical (unpaired) electrons. The zero-order valence-corrected chi connectivity index (χ0v) is 20.3. The van der Waals surface area contributed by atoms with Gasteiger partial charge in [0.25, 0.3) is 0 Å². The highest BCUT2D eigenvalue weighted by Gasteiger charge is 2.13. The van der Waals surface area contributed by atoms with Crippen molar-refractivity contribution in [3.8, 4) is 17.2 Å². The first-order valence-corrected chi connectivity index (χ1v) is 11.8. The molecule has 0 spiro atoms. The van der Waals surface area contributed by atoms with E-state index in [1.54, 1.807) is 6.92 Å². The molecular weight excluding hydrogens is 456 g/mol. The Morgan fingerprint density at radius 2 is 1.61 bits per heavy atom. The van der Waals surface area contributed by atoms with Gasteiger partial charge in [-0.1, -0.05) is 65.8 Å². The van der Waals surface area contributed by atoms with E-state index in [4.69, 9.17) is 18.7 Å². The molecule has 0 saturated carbocycles. The minimum absolute atomic E-state index is 0.0398. The van der Waals surface area contributed by atoms with Crippen molar-refractivity contribution in [3.63, 3.8) is 0 Å². The first-order chi connectivity index (χ1) is 17.6. The first kappa shape index (κ1) is 24.7. The van der Waals surface area contributed by atoms with Gasteiger partial charge in [0.2, 0.25) is 5.89 Å². The highest BCUT2D eigenvalue weighted by Crippen LogP contribution is 2.23. The molecule has 1 heterocycles. The van der Waals surface area contributed by atoms with Crippen molar-refractivity contribution in [3.05, 3.63) is 108 Å². The number of aromatic nitrogens is 1. The molecule has 0 aliphatic carbocycles. The lowest BCUT2D eigenvalue weighted by atomic mass is 10.1. The summed E-state index contributed by atoms with van der Waals surface area (Å²) in [5.41, 5.74) is 3.93. The maximum absolute atomic E-state index is 12.0. The number of rotatable bonds is 11. The molecule has 0 aliphatic rings. The van der Waals surface area contributed by atoms with Crippen molar-refractivity contribution in [2.24, 2.45) is 5.16 Å².